The van der Waals surface area contributed by atoms with Crippen molar-refractivity contribution in [1.82, 2.24) is 25.0 Å². The Morgan fingerprint density at radius 1 is 1.30 bits per heavy atom. The third-order valence-electron chi connectivity index (χ3n) is 6.11. The van der Waals surface area contributed by atoms with E-state index in [1.807, 2.05) is 6.07 Å². The van der Waals surface area contributed by atoms with Gasteiger partial charge in [-0.25, -0.2) is 9.07 Å². The van der Waals surface area contributed by atoms with Crippen molar-refractivity contribution in [2.24, 2.45) is 11.8 Å². The largest absolute Gasteiger partial charge is 0.480 e. The Morgan fingerprint density at radius 2 is 2.12 bits per heavy atom. The molecule has 2 fully saturated rings. The second kappa shape index (κ2) is 9.01. The number of fused-ring (bicyclic) bond motifs is 2. The van der Waals surface area contributed by atoms with Crippen LogP contribution in [-0.2, 0) is 6.50 Å². The van der Waals surface area contributed by atoms with Gasteiger partial charge in [0.05, 0.1) is 26.8 Å². The van der Waals surface area contributed by atoms with Gasteiger partial charge < -0.3 is 19.7 Å². The molecule has 9 nitrogen and oxygen atoms in total. The Bertz CT molecular complexity index is 1310. The minimum absolute atomic E-state index is 0.0227. The van der Waals surface area contributed by atoms with Crippen LogP contribution in [0.4, 0.5) is 16.0 Å². The quantitative estimate of drug-likeness (QED) is 0.544. The van der Waals surface area contributed by atoms with Crippen LogP contribution in [-0.4, -0.2) is 51.2 Å². The Kier molecular flexibility index (Phi) is 4.50. The number of aryl methyl sites for hydroxylation is 1. The van der Waals surface area contributed by atoms with E-state index in [4.69, 9.17) is 27.9 Å². The molecular formula is C22H25ClFN7O2. The normalized spacial score (nSPS) is 24.9. The number of piperidine rings is 1. The molecule has 1 saturated heterocycles. The zero-order valence-corrected chi connectivity index (χ0v) is 18.5. The molecule has 5 rings (SSSR count). The third kappa shape index (κ3) is 4.39. The Labute approximate surface area is 202 Å². The maximum absolute atomic E-state index is 13.6. The van der Waals surface area contributed by atoms with Gasteiger partial charge in [-0.1, -0.05) is 11.6 Å². The van der Waals surface area contributed by atoms with E-state index in [0.717, 1.165) is 37.7 Å². The predicted octanol–water partition coefficient (Wildman–Crippen LogP) is 4.01. The van der Waals surface area contributed by atoms with E-state index in [-0.39, 0.29) is 34.6 Å². The van der Waals surface area contributed by atoms with Crippen LogP contribution in [0.15, 0.2) is 30.5 Å². The summed E-state index contributed by atoms with van der Waals surface area (Å²) in [4.78, 5) is 6.50. The molecule has 2 aliphatic rings. The monoisotopic (exact) mass is 478 g/mol. The van der Waals surface area contributed by atoms with Gasteiger partial charge in [0.1, 0.15) is 11.6 Å². The van der Waals surface area contributed by atoms with Crippen LogP contribution in [0.25, 0.3) is 0 Å². The fraction of sp³-hybridized carbons (Fsp3) is 0.455. The highest BCUT2D eigenvalue weighted by atomic mass is 35.5. The minimum atomic E-state index is -3.07. The number of ether oxygens (including phenoxy) is 2. The molecule has 1 saturated carbocycles. The molecule has 2 bridgehead atoms. The van der Waals surface area contributed by atoms with Gasteiger partial charge in [-0.2, -0.15) is 10.1 Å². The molecule has 0 amide bonds. The van der Waals surface area contributed by atoms with Crippen LogP contribution in [0.1, 0.15) is 26.5 Å². The summed E-state index contributed by atoms with van der Waals surface area (Å²) in [5, 5.41) is 15.2. The number of anilines is 2. The number of nitrogens with one attached hydrogen (secondary N) is 1. The van der Waals surface area contributed by atoms with E-state index in [0.29, 0.717) is 10.6 Å². The average Bonchev–Trinajstić information content (AvgIpc) is 3.36. The number of hydrogen-bond donors (Lipinski definition) is 1. The van der Waals surface area contributed by atoms with Crippen LogP contribution >= 0.6 is 11.6 Å². The number of nitrogens with zero attached hydrogens (tertiary/aromatic N) is 6. The molecule has 1 N–H and O–H groups in total. The first-order valence-electron chi connectivity index (χ1n) is 12.9. The van der Waals surface area contributed by atoms with Gasteiger partial charge in [-0.3, -0.25) is 0 Å². The van der Waals surface area contributed by atoms with Crippen molar-refractivity contribution in [2.75, 3.05) is 30.4 Å². The molecule has 0 radical (unpaired) electrons. The zero-order valence-electron chi connectivity index (χ0n) is 22.7. The predicted molar refractivity (Wildman–Crippen MR) is 122 cm³/mol. The first-order valence-corrected chi connectivity index (χ1v) is 10.8. The first-order chi connectivity index (χ1) is 18.0. The maximum Gasteiger partial charge on any atom is 0.322 e. The first kappa shape index (κ1) is 16.5. The SMILES string of the molecule is [2H]C([2H])([2H])C([2H])([2H])n1nc(N[C@@H]2[C@@H]3CC[C@H]2CN(c2cnnc(OC)c2)C3)nc1Oc1ccc(F)c(Cl)c1. The smallest absolute Gasteiger partial charge is 0.322 e. The highest BCUT2D eigenvalue weighted by molar-refractivity contribution is 6.30. The summed E-state index contributed by atoms with van der Waals surface area (Å²) in [6, 6.07) is 4.95. The molecule has 3 atom stereocenters. The lowest BCUT2D eigenvalue weighted by molar-refractivity contribution is 0.372. The van der Waals surface area contributed by atoms with Gasteiger partial charge in [0.25, 0.3) is 0 Å². The van der Waals surface area contributed by atoms with E-state index in [1.54, 1.807) is 6.20 Å². The number of rotatable bonds is 7. The zero-order chi connectivity index (χ0) is 27.2. The van der Waals surface area contributed by atoms with Gasteiger partial charge in [0.2, 0.25) is 11.8 Å². The van der Waals surface area contributed by atoms with Crippen molar-refractivity contribution in [3.05, 3.63) is 41.3 Å². The molecule has 3 aromatic rings. The number of benzene rings is 1. The molecule has 1 aliphatic heterocycles. The standard InChI is InChI=1S/C22H25ClFN7O2/c1-3-31-22(33-16-6-7-18(24)17(23)9-16)27-21(29-31)26-20-13-4-5-14(20)12-30(11-13)15-8-19(32-2)28-25-10-15/h6-10,13-14,20H,3-5,11-12H2,1-2H3,(H,26,29)/t13-,14+,20-/i1D3,3D2. The summed E-state index contributed by atoms with van der Waals surface area (Å²) in [5.74, 6) is 0.294. The van der Waals surface area contributed by atoms with Crippen LogP contribution in [0.3, 0.4) is 0 Å². The fourth-order valence-corrected chi connectivity index (χ4v) is 4.74. The molecular weight excluding hydrogens is 449 g/mol. The Balaban J connectivity index is 1.39. The maximum atomic E-state index is 13.6. The summed E-state index contributed by atoms with van der Waals surface area (Å²) in [6.45, 7) is -4.54. The summed E-state index contributed by atoms with van der Waals surface area (Å²) < 4.78 is 64.5. The lowest BCUT2D eigenvalue weighted by Gasteiger charge is -2.39. The van der Waals surface area contributed by atoms with Crippen molar-refractivity contribution in [3.8, 4) is 17.6 Å². The van der Waals surface area contributed by atoms with Crippen LogP contribution in [0.2, 0.25) is 5.02 Å². The van der Waals surface area contributed by atoms with Gasteiger partial charge in [0.15, 0.2) is 0 Å². The van der Waals surface area contributed by atoms with E-state index >= 15 is 0 Å². The van der Waals surface area contributed by atoms with E-state index in [9.17, 15) is 4.39 Å². The van der Waals surface area contributed by atoms with Crippen molar-refractivity contribution in [3.63, 3.8) is 0 Å². The number of halogens is 2. The van der Waals surface area contributed by atoms with Crippen molar-refractivity contribution < 1.29 is 20.7 Å². The van der Waals surface area contributed by atoms with Crippen LogP contribution < -0.4 is 19.7 Å². The molecule has 3 heterocycles. The van der Waals surface area contributed by atoms with E-state index < -0.39 is 25.2 Å². The molecule has 1 aromatic carbocycles. The molecule has 174 valence electrons. The van der Waals surface area contributed by atoms with Crippen LogP contribution in [0, 0.1) is 17.7 Å². The molecule has 11 heteroatoms. The van der Waals surface area contributed by atoms with Gasteiger partial charge in [-0.05, 0) is 43.7 Å². The number of methoxy groups -OCH3 is 1. The molecule has 1 aliphatic carbocycles. The van der Waals surface area contributed by atoms with Crippen molar-refractivity contribution in [1.29, 1.82) is 0 Å². The van der Waals surface area contributed by atoms with E-state index in [1.165, 1.54) is 19.2 Å². The van der Waals surface area contributed by atoms with Gasteiger partial charge in [0, 0.05) is 41.9 Å². The third-order valence-corrected chi connectivity index (χ3v) is 6.39. The Morgan fingerprint density at radius 3 is 2.85 bits per heavy atom. The second-order valence-electron chi connectivity index (χ2n) is 8.05. The van der Waals surface area contributed by atoms with Gasteiger partial charge in [-0.15, -0.1) is 10.2 Å². The highest BCUT2D eigenvalue weighted by Gasteiger charge is 2.42. The second-order valence-corrected chi connectivity index (χ2v) is 8.46. The highest BCUT2D eigenvalue weighted by Crippen LogP contribution is 2.40. The number of aromatic nitrogens is 5. The van der Waals surface area contributed by atoms with E-state index in [2.05, 4.69) is 30.5 Å². The lowest BCUT2D eigenvalue weighted by Crippen LogP contribution is -2.48. The van der Waals surface area contributed by atoms with Crippen molar-refractivity contribution in [2.45, 2.75) is 32.2 Å². The topological polar surface area (TPSA) is 90.2 Å². The fourth-order valence-electron chi connectivity index (χ4n) is 4.57. The minimum Gasteiger partial charge on any atom is -0.480 e. The molecule has 33 heavy (non-hydrogen) atoms. The molecule has 0 spiro atoms. The molecule has 0 unspecified atom stereocenters. The average molecular weight is 479 g/mol. The number of hydrogen-bond acceptors (Lipinski definition) is 8. The van der Waals surface area contributed by atoms with Gasteiger partial charge >= 0.3 is 6.01 Å². The van der Waals surface area contributed by atoms with Crippen molar-refractivity contribution >= 4 is 23.2 Å². The summed E-state index contributed by atoms with van der Waals surface area (Å²) in [6.07, 6.45) is 3.62. The molecule has 2 aromatic heterocycles. The summed E-state index contributed by atoms with van der Waals surface area (Å²) >= 11 is 5.84. The summed E-state index contributed by atoms with van der Waals surface area (Å²) in [5.41, 5.74) is 0.911. The lowest BCUT2D eigenvalue weighted by atomic mass is 9.92. The Hall–Kier alpha value is -3.14. The summed E-state index contributed by atoms with van der Waals surface area (Å²) in [7, 11) is 1.54. The van der Waals surface area contributed by atoms with Crippen LogP contribution in [0.5, 0.6) is 17.6 Å².